The molecule has 1 heterocycles. The summed E-state index contributed by atoms with van der Waals surface area (Å²) in [4.78, 5) is 29.2. The van der Waals surface area contributed by atoms with Crippen LogP contribution in [-0.2, 0) is 16.1 Å². The largest absolute Gasteiger partial charge is 0.350 e. The van der Waals surface area contributed by atoms with Crippen molar-refractivity contribution in [3.8, 4) is 0 Å². The number of hydrogen-bond donors (Lipinski definition) is 1. The van der Waals surface area contributed by atoms with Crippen molar-refractivity contribution in [3.05, 3.63) is 58.3 Å². The minimum absolute atomic E-state index is 0.143. The first-order valence-corrected chi connectivity index (χ1v) is 7.61. The van der Waals surface area contributed by atoms with Crippen LogP contribution in [0.1, 0.15) is 12.5 Å². The van der Waals surface area contributed by atoms with Crippen molar-refractivity contribution in [2.45, 2.75) is 13.5 Å². The van der Waals surface area contributed by atoms with Gasteiger partial charge in [-0.3, -0.25) is 14.6 Å². The fourth-order valence-corrected chi connectivity index (χ4v) is 2.35. The molecule has 0 aliphatic rings. The molecule has 2 amide bonds. The molecule has 0 spiro atoms. The molecule has 0 radical (unpaired) electrons. The highest BCUT2D eigenvalue weighted by Crippen LogP contribution is 2.29. The van der Waals surface area contributed by atoms with Crippen LogP contribution in [0.25, 0.3) is 0 Å². The molecule has 2 aromatic rings. The van der Waals surface area contributed by atoms with Crippen LogP contribution in [0, 0.1) is 0 Å². The first kappa shape index (κ1) is 17.2. The molecule has 0 unspecified atom stereocenters. The van der Waals surface area contributed by atoms with Crippen molar-refractivity contribution in [1.29, 1.82) is 0 Å². The van der Waals surface area contributed by atoms with Crippen molar-refractivity contribution in [3.63, 3.8) is 0 Å². The number of aromatic nitrogens is 1. The van der Waals surface area contributed by atoms with Crippen molar-refractivity contribution in [2.75, 3.05) is 11.4 Å². The van der Waals surface area contributed by atoms with Crippen LogP contribution >= 0.6 is 23.2 Å². The second kappa shape index (κ2) is 7.94. The van der Waals surface area contributed by atoms with Gasteiger partial charge in [0, 0.05) is 30.9 Å². The Bertz CT molecular complexity index is 708. The monoisotopic (exact) mass is 351 g/mol. The van der Waals surface area contributed by atoms with Gasteiger partial charge in [0.25, 0.3) is 0 Å². The van der Waals surface area contributed by atoms with E-state index in [1.165, 1.54) is 11.8 Å². The quantitative estimate of drug-likeness (QED) is 0.900. The van der Waals surface area contributed by atoms with Gasteiger partial charge in [0.1, 0.15) is 6.54 Å². The van der Waals surface area contributed by atoms with Gasteiger partial charge in [0.15, 0.2) is 0 Å². The Labute approximate surface area is 144 Å². The average Bonchev–Trinajstić information content (AvgIpc) is 2.54. The molecule has 0 fully saturated rings. The van der Waals surface area contributed by atoms with Crippen LogP contribution < -0.4 is 10.2 Å². The lowest BCUT2D eigenvalue weighted by Gasteiger charge is -2.22. The smallest absolute Gasteiger partial charge is 0.240 e. The highest BCUT2D eigenvalue weighted by Gasteiger charge is 2.18. The van der Waals surface area contributed by atoms with Gasteiger partial charge in [-0.05, 0) is 29.8 Å². The maximum Gasteiger partial charge on any atom is 0.240 e. The summed E-state index contributed by atoms with van der Waals surface area (Å²) >= 11 is 12.0. The van der Waals surface area contributed by atoms with Crippen molar-refractivity contribution < 1.29 is 9.59 Å². The van der Waals surface area contributed by atoms with E-state index < -0.39 is 0 Å². The van der Waals surface area contributed by atoms with Gasteiger partial charge in [-0.15, -0.1) is 0 Å². The predicted molar refractivity (Wildman–Crippen MR) is 90.6 cm³/mol. The fourth-order valence-electron chi connectivity index (χ4n) is 1.96. The minimum atomic E-state index is -0.305. The summed E-state index contributed by atoms with van der Waals surface area (Å²) in [7, 11) is 0. The van der Waals surface area contributed by atoms with Gasteiger partial charge in [-0.2, -0.15) is 0 Å². The second-order valence-electron chi connectivity index (χ2n) is 4.84. The number of rotatable bonds is 5. The van der Waals surface area contributed by atoms with Crippen molar-refractivity contribution in [1.82, 2.24) is 10.3 Å². The Morgan fingerprint density at radius 2 is 2.04 bits per heavy atom. The first-order valence-electron chi connectivity index (χ1n) is 6.86. The summed E-state index contributed by atoms with van der Waals surface area (Å²) < 4.78 is 0. The third-order valence-corrected chi connectivity index (χ3v) is 3.65. The zero-order valence-electron chi connectivity index (χ0n) is 12.4. The maximum absolute atomic E-state index is 12.1. The maximum atomic E-state index is 12.1. The van der Waals surface area contributed by atoms with E-state index in [-0.39, 0.29) is 18.4 Å². The molecule has 1 aromatic heterocycles. The Morgan fingerprint density at radius 1 is 1.26 bits per heavy atom. The summed E-state index contributed by atoms with van der Waals surface area (Å²) in [5.74, 6) is -0.606. The van der Waals surface area contributed by atoms with E-state index >= 15 is 0 Å². The minimum Gasteiger partial charge on any atom is -0.350 e. The SMILES string of the molecule is CC(=O)N(CC(=O)NCc1cccnc1)c1cc(Cl)ccc1Cl. The standard InChI is InChI=1S/C16H15Cl2N3O2/c1-11(22)21(15-7-13(17)4-5-14(15)18)10-16(23)20-9-12-3-2-6-19-8-12/h2-8H,9-10H2,1H3,(H,20,23). The Morgan fingerprint density at radius 3 is 2.70 bits per heavy atom. The molecule has 1 aromatic carbocycles. The molecule has 2 rings (SSSR count). The lowest BCUT2D eigenvalue weighted by molar-refractivity contribution is -0.123. The second-order valence-corrected chi connectivity index (χ2v) is 5.68. The molecule has 1 N–H and O–H groups in total. The number of anilines is 1. The molecule has 0 aliphatic carbocycles. The van der Waals surface area contributed by atoms with Gasteiger partial charge < -0.3 is 10.2 Å². The Hall–Kier alpha value is -2.11. The van der Waals surface area contributed by atoms with Gasteiger partial charge >= 0.3 is 0 Å². The van der Waals surface area contributed by atoms with E-state index in [0.29, 0.717) is 22.3 Å². The number of halogens is 2. The summed E-state index contributed by atoms with van der Waals surface area (Å²) in [6.45, 7) is 1.56. The third-order valence-electron chi connectivity index (χ3n) is 3.09. The van der Waals surface area contributed by atoms with Crippen LogP contribution in [0.2, 0.25) is 10.0 Å². The lowest BCUT2D eigenvalue weighted by Crippen LogP contribution is -2.39. The van der Waals surface area contributed by atoms with Crippen LogP contribution in [0.5, 0.6) is 0 Å². The molecule has 5 nitrogen and oxygen atoms in total. The molecule has 0 saturated heterocycles. The van der Waals surface area contributed by atoms with Crippen LogP contribution in [0.3, 0.4) is 0 Å². The lowest BCUT2D eigenvalue weighted by atomic mass is 10.2. The van der Waals surface area contributed by atoms with Crippen LogP contribution in [0.15, 0.2) is 42.7 Å². The predicted octanol–water partition coefficient (Wildman–Crippen LogP) is 3.06. The van der Waals surface area contributed by atoms with Gasteiger partial charge in [-0.1, -0.05) is 29.3 Å². The van der Waals surface area contributed by atoms with Gasteiger partial charge in [-0.25, -0.2) is 0 Å². The number of carbonyl (C=O) groups excluding carboxylic acids is 2. The number of benzene rings is 1. The van der Waals surface area contributed by atoms with Gasteiger partial charge in [0.05, 0.1) is 10.7 Å². The van der Waals surface area contributed by atoms with E-state index in [4.69, 9.17) is 23.2 Å². The molecule has 120 valence electrons. The highest BCUT2D eigenvalue weighted by atomic mass is 35.5. The van der Waals surface area contributed by atoms with Crippen LogP contribution in [-0.4, -0.2) is 23.3 Å². The van der Waals surface area contributed by atoms with E-state index in [1.807, 2.05) is 6.07 Å². The fraction of sp³-hybridized carbons (Fsp3) is 0.188. The number of amides is 2. The molecule has 0 aliphatic heterocycles. The number of nitrogens with zero attached hydrogens (tertiary/aromatic N) is 2. The summed E-state index contributed by atoms with van der Waals surface area (Å²) in [6, 6.07) is 8.40. The van der Waals surface area contributed by atoms with E-state index in [2.05, 4.69) is 10.3 Å². The first-order chi connectivity index (χ1) is 11.0. The summed E-state index contributed by atoms with van der Waals surface area (Å²) in [5.41, 5.74) is 1.28. The zero-order valence-corrected chi connectivity index (χ0v) is 13.9. The molecule has 7 heteroatoms. The topological polar surface area (TPSA) is 62.3 Å². The number of hydrogen-bond acceptors (Lipinski definition) is 3. The molecular weight excluding hydrogens is 337 g/mol. The molecule has 23 heavy (non-hydrogen) atoms. The van der Waals surface area contributed by atoms with Crippen LogP contribution in [0.4, 0.5) is 5.69 Å². The normalized spacial score (nSPS) is 10.2. The third kappa shape index (κ3) is 4.94. The number of carbonyl (C=O) groups is 2. The number of nitrogens with one attached hydrogen (secondary N) is 1. The summed E-state index contributed by atoms with van der Waals surface area (Å²) in [5, 5.41) is 3.53. The Kier molecular flexibility index (Phi) is 5.96. The average molecular weight is 352 g/mol. The van der Waals surface area contributed by atoms with Gasteiger partial charge in [0.2, 0.25) is 11.8 Å². The summed E-state index contributed by atoms with van der Waals surface area (Å²) in [6.07, 6.45) is 3.32. The van der Waals surface area contributed by atoms with E-state index in [1.54, 1.807) is 36.7 Å². The highest BCUT2D eigenvalue weighted by molar-refractivity contribution is 6.35. The zero-order chi connectivity index (χ0) is 16.8. The molecule has 0 saturated carbocycles. The molecular formula is C16H15Cl2N3O2. The van der Waals surface area contributed by atoms with E-state index in [9.17, 15) is 9.59 Å². The van der Waals surface area contributed by atoms with Crippen molar-refractivity contribution in [2.24, 2.45) is 0 Å². The molecule has 0 atom stereocenters. The Balaban J connectivity index is 2.06. The molecule has 0 bridgehead atoms. The van der Waals surface area contributed by atoms with Crippen molar-refractivity contribution >= 4 is 40.7 Å². The number of pyridine rings is 1. The van der Waals surface area contributed by atoms with E-state index in [0.717, 1.165) is 5.56 Å².